The Morgan fingerprint density at radius 3 is 2.79 bits per heavy atom. The average Bonchev–Trinajstić information content (AvgIpc) is 2.82. The number of thioether (sulfide) groups is 1. The Balaban J connectivity index is 2.00. The van der Waals surface area contributed by atoms with E-state index in [1.807, 2.05) is 13.8 Å². The van der Waals surface area contributed by atoms with Gasteiger partial charge in [0.15, 0.2) is 0 Å². The molecule has 3 nitrogen and oxygen atoms in total. The van der Waals surface area contributed by atoms with Gasteiger partial charge in [-0.25, -0.2) is 0 Å². The zero-order valence-corrected chi connectivity index (χ0v) is 12.3. The quantitative estimate of drug-likeness (QED) is 0.869. The third-order valence-electron chi connectivity index (χ3n) is 3.79. The van der Waals surface area contributed by atoms with Crippen LogP contribution in [0.3, 0.4) is 0 Å². The van der Waals surface area contributed by atoms with E-state index in [0.29, 0.717) is 0 Å². The Morgan fingerprint density at radius 2 is 2.11 bits per heavy atom. The van der Waals surface area contributed by atoms with Gasteiger partial charge < -0.3 is 10.8 Å². The molecule has 1 atom stereocenters. The molecular weight excluding hydrogens is 258 g/mol. The summed E-state index contributed by atoms with van der Waals surface area (Å²) >= 11 is 1.61. The second-order valence-electron chi connectivity index (χ2n) is 5.66. The lowest BCUT2D eigenvalue weighted by Gasteiger charge is -2.28. The largest absolute Gasteiger partial charge is 0.480 e. The maximum absolute atomic E-state index is 11.0. The van der Waals surface area contributed by atoms with E-state index in [4.69, 9.17) is 10.8 Å². The number of hydrogen-bond donors (Lipinski definition) is 2. The highest BCUT2D eigenvalue weighted by Gasteiger charge is 2.32. The van der Waals surface area contributed by atoms with Crippen molar-refractivity contribution in [2.45, 2.75) is 49.7 Å². The van der Waals surface area contributed by atoms with E-state index in [0.717, 1.165) is 5.75 Å². The van der Waals surface area contributed by atoms with Crippen molar-refractivity contribution in [3.63, 3.8) is 0 Å². The molecule has 2 rings (SSSR count). The molecule has 0 fully saturated rings. The third-order valence-corrected chi connectivity index (χ3v) is 5.26. The summed E-state index contributed by atoms with van der Waals surface area (Å²) in [7, 11) is 0. The molecule has 1 aromatic rings. The lowest BCUT2D eigenvalue weighted by molar-refractivity contribution is -0.139. The molecule has 3 N–H and O–H groups in total. The van der Waals surface area contributed by atoms with Gasteiger partial charge in [0.1, 0.15) is 6.04 Å². The number of hydrogen-bond acceptors (Lipinski definition) is 3. The summed E-state index contributed by atoms with van der Waals surface area (Å²) in [5.41, 5.74) is 9.91. The van der Waals surface area contributed by atoms with Crippen molar-refractivity contribution in [2.24, 2.45) is 5.73 Å². The Bertz CT molecular complexity index is 485. The van der Waals surface area contributed by atoms with Gasteiger partial charge in [-0.15, -0.1) is 11.8 Å². The first-order chi connectivity index (χ1) is 8.90. The smallest absolute Gasteiger partial charge is 0.321 e. The highest BCUT2D eigenvalue weighted by atomic mass is 32.2. The Kier molecular flexibility index (Phi) is 4.21. The molecule has 0 saturated heterocycles. The van der Waals surface area contributed by atoms with Gasteiger partial charge in [0.25, 0.3) is 0 Å². The fraction of sp³-hybridized carbons (Fsp3) is 0.533. The van der Waals surface area contributed by atoms with Gasteiger partial charge in [-0.2, -0.15) is 0 Å². The first kappa shape index (κ1) is 14.4. The number of aliphatic carboxylic acids is 1. The molecule has 1 aliphatic carbocycles. The summed E-state index contributed by atoms with van der Waals surface area (Å²) in [6.45, 7) is 3.79. The van der Waals surface area contributed by atoms with Crippen LogP contribution in [0.15, 0.2) is 18.2 Å². The first-order valence-electron chi connectivity index (χ1n) is 6.63. The van der Waals surface area contributed by atoms with Crippen LogP contribution in [-0.4, -0.2) is 21.9 Å². The van der Waals surface area contributed by atoms with Crippen LogP contribution >= 0.6 is 11.8 Å². The molecule has 0 aliphatic heterocycles. The average molecular weight is 279 g/mol. The zero-order chi connectivity index (χ0) is 14.0. The molecule has 0 unspecified atom stereocenters. The van der Waals surface area contributed by atoms with Crippen molar-refractivity contribution in [2.75, 3.05) is 0 Å². The Labute approximate surface area is 118 Å². The molecule has 104 valence electrons. The van der Waals surface area contributed by atoms with Crippen LogP contribution in [0, 0.1) is 0 Å². The molecule has 0 saturated carbocycles. The van der Waals surface area contributed by atoms with E-state index in [-0.39, 0.29) is 0 Å². The number of fused-ring (bicyclic) bond motifs is 1. The standard InChI is InChI=1S/C15H21NO2S/c1-15(2,13(16)14(17)18)19-9-10-6-7-11-4-3-5-12(11)8-10/h6-8,13H,3-5,9,16H2,1-2H3,(H,17,18)/t13-/m1/s1. The molecule has 0 bridgehead atoms. The van der Waals surface area contributed by atoms with E-state index in [1.54, 1.807) is 11.8 Å². The van der Waals surface area contributed by atoms with Crippen LogP contribution in [0.2, 0.25) is 0 Å². The summed E-state index contributed by atoms with van der Waals surface area (Å²) in [6, 6.07) is 5.78. The number of aryl methyl sites for hydroxylation is 2. The SMILES string of the molecule is CC(C)(SCc1ccc2c(c1)CCC2)[C@H](N)C(=O)O. The summed E-state index contributed by atoms with van der Waals surface area (Å²) in [5.74, 6) is -0.132. The molecule has 0 spiro atoms. The topological polar surface area (TPSA) is 63.3 Å². The van der Waals surface area contributed by atoms with Crippen molar-refractivity contribution in [1.29, 1.82) is 0 Å². The molecule has 0 radical (unpaired) electrons. The van der Waals surface area contributed by atoms with Crippen molar-refractivity contribution < 1.29 is 9.90 Å². The van der Waals surface area contributed by atoms with E-state index in [9.17, 15) is 4.79 Å². The Hall–Kier alpha value is -1.00. The normalized spacial score (nSPS) is 16.2. The van der Waals surface area contributed by atoms with Gasteiger partial charge in [-0.05, 0) is 49.8 Å². The van der Waals surface area contributed by atoms with Gasteiger partial charge >= 0.3 is 5.97 Å². The molecular formula is C15H21NO2S. The maximum Gasteiger partial charge on any atom is 0.321 e. The minimum absolute atomic E-state index is 0.467. The fourth-order valence-corrected chi connectivity index (χ4v) is 3.37. The maximum atomic E-state index is 11.0. The zero-order valence-electron chi connectivity index (χ0n) is 11.5. The van der Waals surface area contributed by atoms with Crippen molar-refractivity contribution >= 4 is 17.7 Å². The molecule has 1 aromatic carbocycles. The second-order valence-corrected chi connectivity index (χ2v) is 7.29. The minimum Gasteiger partial charge on any atom is -0.480 e. The van der Waals surface area contributed by atoms with E-state index < -0.39 is 16.8 Å². The monoisotopic (exact) mass is 279 g/mol. The lowest BCUT2D eigenvalue weighted by Crippen LogP contribution is -2.46. The number of carboxylic acids is 1. The van der Waals surface area contributed by atoms with Crippen molar-refractivity contribution in [3.05, 3.63) is 34.9 Å². The molecule has 0 heterocycles. The van der Waals surface area contributed by atoms with Crippen LogP contribution in [0.4, 0.5) is 0 Å². The fourth-order valence-electron chi connectivity index (χ4n) is 2.37. The number of rotatable bonds is 5. The van der Waals surface area contributed by atoms with Crippen molar-refractivity contribution in [3.8, 4) is 0 Å². The van der Waals surface area contributed by atoms with Crippen LogP contribution in [0.25, 0.3) is 0 Å². The highest BCUT2D eigenvalue weighted by Crippen LogP contribution is 2.32. The number of carbonyl (C=O) groups is 1. The van der Waals surface area contributed by atoms with Gasteiger partial charge in [0.2, 0.25) is 0 Å². The predicted octanol–water partition coefficient (Wildman–Crippen LogP) is 2.60. The highest BCUT2D eigenvalue weighted by molar-refractivity contribution is 7.99. The molecule has 0 aromatic heterocycles. The van der Waals surface area contributed by atoms with Crippen LogP contribution in [0.1, 0.15) is 37.0 Å². The minimum atomic E-state index is -0.938. The van der Waals surface area contributed by atoms with Crippen molar-refractivity contribution in [1.82, 2.24) is 0 Å². The molecule has 0 amide bonds. The molecule has 1 aliphatic rings. The summed E-state index contributed by atoms with van der Waals surface area (Å²) in [6.07, 6.45) is 3.62. The summed E-state index contributed by atoms with van der Waals surface area (Å²) in [4.78, 5) is 11.0. The number of benzene rings is 1. The predicted molar refractivity (Wildman–Crippen MR) is 79.5 cm³/mol. The number of nitrogens with two attached hydrogens (primary N) is 1. The van der Waals surface area contributed by atoms with Gasteiger partial charge in [-0.3, -0.25) is 4.79 Å². The Morgan fingerprint density at radius 1 is 1.42 bits per heavy atom. The van der Waals surface area contributed by atoms with Gasteiger partial charge in [-0.1, -0.05) is 18.2 Å². The van der Waals surface area contributed by atoms with E-state index in [1.165, 1.54) is 36.0 Å². The lowest BCUT2D eigenvalue weighted by atomic mass is 10.1. The van der Waals surface area contributed by atoms with Crippen LogP contribution < -0.4 is 5.73 Å². The van der Waals surface area contributed by atoms with E-state index in [2.05, 4.69) is 18.2 Å². The summed E-state index contributed by atoms with van der Waals surface area (Å²) in [5, 5.41) is 9.00. The number of carboxylic acid groups (broad SMARTS) is 1. The first-order valence-corrected chi connectivity index (χ1v) is 7.62. The van der Waals surface area contributed by atoms with Gasteiger partial charge in [0, 0.05) is 10.5 Å². The second kappa shape index (κ2) is 5.55. The molecule has 19 heavy (non-hydrogen) atoms. The molecule has 4 heteroatoms. The summed E-state index contributed by atoms with van der Waals surface area (Å²) < 4.78 is -0.467. The van der Waals surface area contributed by atoms with Crippen LogP contribution in [-0.2, 0) is 23.4 Å². The third kappa shape index (κ3) is 3.31. The van der Waals surface area contributed by atoms with Crippen LogP contribution in [0.5, 0.6) is 0 Å². The van der Waals surface area contributed by atoms with Gasteiger partial charge in [0.05, 0.1) is 0 Å². The van der Waals surface area contributed by atoms with E-state index >= 15 is 0 Å².